The SMILES string of the molecule is Cc1ccc(C)c(OCCC(C#N)c2ccccc2F)c1C. The fourth-order valence-corrected chi connectivity index (χ4v) is 2.47. The summed E-state index contributed by atoms with van der Waals surface area (Å²) in [5.74, 6) is 0.0359. The van der Waals surface area contributed by atoms with Gasteiger partial charge in [0.25, 0.3) is 0 Å². The van der Waals surface area contributed by atoms with Crippen molar-refractivity contribution >= 4 is 0 Å². The van der Waals surface area contributed by atoms with E-state index in [9.17, 15) is 9.65 Å². The molecule has 22 heavy (non-hydrogen) atoms. The highest BCUT2D eigenvalue weighted by Crippen LogP contribution is 2.27. The van der Waals surface area contributed by atoms with Crippen LogP contribution < -0.4 is 4.74 Å². The summed E-state index contributed by atoms with van der Waals surface area (Å²) in [6.45, 7) is 6.45. The fraction of sp³-hybridized carbons (Fsp3) is 0.316. The quantitative estimate of drug-likeness (QED) is 0.792. The summed E-state index contributed by atoms with van der Waals surface area (Å²) in [7, 11) is 0. The third kappa shape index (κ3) is 3.46. The fourth-order valence-electron chi connectivity index (χ4n) is 2.47. The first-order valence-electron chi connectivity index (χ1n) is 7.38. The van der Waals surface area contributed by atoms with Crippen LogP contribution in [0.15, 0.2) is 36.4 Å². The third-order valence-corrected chi connectivity index (χ3v) is 3.96. The van der Waals surface area contributed by atoms with E-state index in [4.69, 9.17) is 4.74 Å². The van der Waals surface area contributed by atoms with Crippen molar-refractivity contribution in [2.45, 2.75) is 33.1 Å². The van der Waals surface area contributed by atoms with Crippen molar-refractivity contribution in [1.29, 1.82) is 5.26 Å². The Morgan fingerprint density at radius 3 is 2.45 bits per heavy atom. The number of hydrogen-bond acceptors (Lipinski definition) is 2. The predicted molar refractivity (Wildman–Crippen MR) is 85.5 cm³/mol. The van der Waals surface area contributed by atoms with Gasteiger partial charge < -0.3 is 4.74 Å². The van der Waals surface area contributed by atoms with Crippen LogP contribution in [0.25, 0.3) is 0 Å². The minimum absolute atomic E-state index is 0.336. The molecule has 0 heterocycles. The van der Waals surface area contributed by atoms with E-state index >= 15 is 0 Å². The highest BCUT2D eigenvalue weighted by molar-refractivity contribution is 5.44. The van der Waals surface area contributed by atoms with Gasteiger partial charge in [-0.2, -0.15) is 5.26 Å². The molecular formula is C19H20FNO. The Bertz CT molecular complexity index is 703. The lowest BCUT2D eigenvalue weighted by Crippen LogP contribution is -2.07. The highest BCUT2D eigenvalue weighted by atomic mass is 19.1. The monoisotopic (exact) mass is 297 g/mol. The second-order valence-corrected chi connectivity index (χ2v) is 5.49. The van der Waals surface area contributed by atoms with E-state index in [1.807, 2.05) is 26.8 Å². The van der Waals surface area contributed by atoms with Gasteiger partial charge in [-0.25, -0.2) is 4.39 Å². The molecule has 2 rings (SSSR count). The topological polar surface area (TPSA) is 33.0 Å². The molecule has 3 heteroatoms. The molecular weight excluding hydrogens is 277 g/mol. The molecule has 2 aromatic carbocycles. The Hall–Kier alpha value is -2.34. The minimum atomic E-state index is -0.494. The molecule has 0 saturated heterocycles. The van der Waals surface area contributed by atoms with Crippen LogP contribution in [0.5, 0.6) is 5.75 Å². The average Bonchev–Trinajstić information content (AvgIpc) is 2.52. The second kappa shape index (κ2) is 7.09. The average molecular weight is 297 g/mol. The van der Waals surface area contributed by atoms with E-state index in [2.05, 4.69) is 12.1 Å². The number of hydrogen-bond donors (Lipinski definition) is 0. The van der Waals surface area contributed by atoms with Crippen LogP contribution in [-0.2, 0) is 0 Å². The summed E-state index contributed by atoms with van der Waals surface area (Å²) in [6, 6.07) is 12.7. The van der Waals surface area contributed by atoms with Crippen LogP contribution in [0.1, 0.15) is 34.6 Å². The Kier molecular flexibility index (Phi) is 5.16. The molecule has 1 atom stereocenters. The predicted octanol–water partition coefficient (Wildman–Crippen LogP) is 4.83. The summed E-state index contributed by atoms with van der Waals surface area (Å²) < 4.78 is 19.6. The van der Waals surface area contributed by atoms with Crippen molar-refractivity contribution in [3.63, 3.8) is 0 Å². The second-order valence-electron chi connectivity index (χ2n) is 5.49. The molecule has 0 spiro atoms. The first kappa shape index (κ1) is 16.0. The molecule has 1 unspecified atom stereocenters. The van der Waals surface area contributed by atoms with Crippen molar-refractivity contribution in [2.75, 3.05) is 6.61 Å². The normalized spacial score (nSPS) is 11.8. The lowest BCUT2D eigenvalue weighted by atomic mass is 9.97. The summed E-state index contributed by atoms with van der Waals surface area (Å²) in [6.07, 6.45) is 0.463. The molecule has 0 bridgehead atoms. The van der Waals surface area contributed by atoms with Crippen LogP contribution in [0, 0.1) is 37.9 Å². The maximum Gasteiger partial charge on any atom is 0.127 e. The van der Waals surface area contributed by atoms with Gasteiger partial charge in [-0.1, -0.05) is 30.3 Å². The molecule has 2 aromatic rings. The van der Waals surface area contributed by atoms with Gasteiger partial charge in [0.1, 0.15) is 11.6 Å². The molecule has 0 aliphatic heterocycles. The minimum Gasteiger partial charge on any atom is -0.493 e. The molecule has 0 N–H and O–H groups in total. The number of ether oxygens (including phenoxy) is 1. The van der Waals surface area contributed by atoms with Gasteiger partial charge in [-0.05, 0) is 43.5 Å². The number of aryl methyl sites for hydroxylation is 2. The molecule has 114 valence electrons. The van der Waals surface area contributed by atoms with Crippen molar-refractivity contribution in [1.82, 2.24) is 0 Å². The van der Waals surface area contributed by atoms with Crippen molar-refractivity contribution in [3.05, 3.63) is 64.5 Å². The number of halogens is 1. The number of rotatable bonds is 5. The van der Waals surface area contributed by atoms with Crippen LogP contribution >= 0.6 is 0 Å². The van der Waals surface area contributed by atoms with Crippen LogP contribution in [-0.4, -0.2) is 6.61 Å². The van der Waals surface area contributed by atoms with E-state index in [0.29, 0.717) is 18.6 Å². The zero-order valence-corrected chi connectivity index (χ0v) is 13.2. The molecule has 2 nitrogen and oxygen atoms in total. The Morgan fingerprint density at radius 1 is 1.09 bits per heavy atom. The van der Waals surface area contributed by atoms with E-state index in [0.717, 1.165) is 16.9 Å². The van der Waals surface area contributed by atoms with Gasteiger partial charge in [-0.3, -0.25) is 0 Å². The van der Waals surface area contributed by atoms with Gasteiger partial charge in [0, 0.05) is 12.0 Å². The van der Waals surface area contributed by atoms with Gasteiger partial charge in [0.05, 0.1) is 18.6 Å². The van der Waals surface area contributed by atoms with Crippen molar-refractivity contribution in [3.8, 4) is 11.8 Å². The molecule has 0 aliphatic rings. The molecule has 0 amide bonds. The van der Waals surface area contributed by atoms with E-state index in [1.54, 1.807) is 18.2 Å². The molecule has 0 fully saturated rings. The highest BCUT2D eigenvalue weighted by Gasteiger charge is 2.15. The van der Waals surface area contributed by atoms with Crippen molar-refractivity contribution in [2.24, 2.45) is 0 Å². The molecule has 0 aromatic heterocycles. The summed E-state index contributed by atoms with van der Waals surface area (Å²) >= 11 is 0. The number of benzene rings is 2. The Morgan fingerprint density at radius 2 is 1.77 bits per heavy atom. The largest absolute Gasteiger partial charge is 0.493 e. The molecule has 0 radical (unpaired) electrons. The number of nitriles is 1. The first-order chi connectivity index (χ1) is 10.5. The van der Waals surface area contributed by atoms with E-state index < -0.39 is 5.92 Å². The van der Waals surface area contributed by atoms with Crippen LogP contribution in [0.3, 0.4) is 0 Å². The smallest absolute Gasteiger partial charge is 0.127 e. The van der Waals surface area contributed by atoms with Gasteiger partial charge >= 0.3 is 0 Å². The first-order valence-corrected chi connectivity index (χ1v) is 7.38. The molecule has 0 saturated carbocycles. The van der Waals surface area contributed by atoms with Crippen LogP contribution in [0.4, 0.5) is 4.39 Å². The summed E-state index contributed by atoms with van der Waals surface area (Å²) in [5.41, 5.74) is 3.79. The lowest BCUT2D eigenvalue weighted by Gasteiger charge is -2.15. The standard InChI is InChI=1S/C19H20FNO/c1-13-8-9-14(2)19(15(13)3)22-11-10-16(12-21)17-6-4-5-7-18(17)20/h4-9,16H,10-11H2,1-3H3. The Balaban J connectivity index is 2.06. The lowest BCUT2D eigenvalue weighted by molar-refractivity contribution is 0.301. The van der Waals surface area contributed by atoms with Gasteiger partial charge in [-0.15, -0.1) is 0 Å². The zero-order chi connectivity index (χ0) is 16.1. The number of nitrogens with zero attached hydrogens (tertiary/aromatic N) is 1. The summed E-state index contributed by atoms with van der Waals surface area (Å²) in [4.78, 5) is 0. The van der Waals surface area contributed by atoms with E-state index in [-0.39, 0.29) is 5.82 Å². The van der Waals surface area contributed by atoms with Crippen LogP contribution in [0.2, 0.25) is 0 Å². The maximum absolute atomic E-state index is 13.8. The Labute approximate surface area is 131 Å². The van der Waals surface area contributed by atoms with Gasteiger partial charge in [0.15, 0.2) is 0 Å². The maximum atomic E-state index is 13.8. The third-order valence-electron chi connectivity index (χ3n) is 3.96. The molecule has 0 aliphatic carbocycles. The zero-order valence-electron chi connectivity index (χ0n) is 13.2. The van der Waals surface area contributed by atoms with Gasteiger partial charge in [0.2, 0.25) is 0 Å². The summed E-state index contributed by atoms with van der Waals surface area (Å²) in [5, 5.41) is 9.28. The van der Waals surface area contributed by atoms with E-state index in [1.165, 1.54) is 11.6 Å². The van der Waals surface area contributed by atoms with Crippen molar-refractivity contribution < 1.29 is 9.13 Å².